The fraction of sp³-hybridized carbons (Fsp3) is 0.0714. The summed E-state index contributed by atoms with van der Waals surface area (Å²) in [6.07, 6.45) is 0. The number of rotatable bonds is 4. The topological polar surface area (TPSA) is 81.1 Å². The Labute approximate surface area is 119 Å². The molecule has 5 N–H and O–H groups in total. The molecule has 0 fully saturated rings. The van der Waals surface area contributed by atoms with Crippen LogP contribution >= 0.6 is 15.9 Å². The van der Waals surface area contributed by atoms with Gasteiger partial charge in [-0.15, -0.1) is 0 Å². The van der Waals surface area contributed by atoms with Crippen LogP contribution in [0.25, 0.3) is 0 Å². The van der Waals surface area contributed by atoms with E-state index in [0.717, 1.165) is 10.0 Å². The maximum atomic E-state index is 11.4. The monoisotopic (exact) mass is 319 g/mol. The van der Waals surface area contributed by atoms with Crippen LogP contribution < -0.4 is 16.8 Å². The van der Waals surface area contributed by atoms with Gasteiger partial charge in [-0.05, 0) is 35.9 Å². The Kier molecular flexibility index (Phi) is 4.06. The molecule has 0 aliphatic heterocycles. The maximum absolute atomic E-state index is 11.4. The van der Waals surface area contributed by atoms with Gasteiger partial charge < -0.3 is 16.8 Å². The first-order valence-electron chi connectivity index (χ1n) is 5.74. The molecule has 0 aliphatic carbocycles. The number of carbonyl (C=O) groups is 1. The van der Waals surface area contributed by atoms with Gasteiger partial charge in [-0.3, -0.25) is 4.79 Å². The standard InChI is InChI=1S/C14H14BrN3O/c15-10-4-5-13(12(7-10)14(17)19)18-8-9-2-1-3-11(16)6-9/h1-7,18H,8,16H2,(H2,17,19). The van der Waals surface area contributed by atoms with Crippen LogP contribution in [-0.4, -0.2) is 5.91 Å². The number of amides is 1. The highest BCUT2D eigenvalue weighted by atomic mass is 79.9. The number of primary amides is 1. The van der Waals surface area contributed by atoms with Crippen molar-refractivity contribution in [3.8, 4) is 0 Å². The summed E-state index contributed by atoms with van der Waals surface area (Å²) in [5.41, 5.74) is 14.0. The van der Waals surface area contributed by atoms with E-state index in [1.807, 2.05) is 36.4 Å². The van der Waals surface area contributed by atoms with Crippen molar-refractivity contribution < 1.29 is 4.79 Å². The van der Waals surface area contributed by atoms with E-state index in [4.69, 9.17) is 11.5 Å². The van der Waals surface area contributed by atoms with E-state index in [0.29, 0.717) is 23.5 Å². The van der Waals surface area contributed by atoms with Gasteiger partial charge in [-0.25, -0.2) is 0 Å². The van der Waals surface area contributed by atoms with Crippen LogP contribution in [0.2, 0.25) is 0 Å². The lowest BCUT2D eigenvalue weighted by molar-refractivity contribution is 0.100. The van der Waals surface area contributed by atoms with Crippen molar-refractivity contribution >= 4 is 33.2 Å². The molecule has 2 aromatic rings. The molecular weight excluding hydrogens is 306 g/mol. The summed E-state index contributed by atoms with van der Waals surface area (Å²) in [4.78, 5) is 11.4. The number of benzene rings is 2. The average Bonchev–Trinajstić information content (AvgIpc) is 2.37. The predicted molar refractivity (Wildman–Crippen MR) is 80.8 cm³/mol. The molecule has 5 heteroatoms. The second kappa shape index (κ2) is 5.75. The van der Waals surface area contributed by atoms with Crippen molar-refractivity contribution in [2.24, 2.45) is 5.73 Å². The van der Waals surface area contributed by atoms with Gasteiger partial charge in [-0.2, -0.15) is 0 Å². The minimum Gasteiger partial charge on any atom is -0.399 e. The van der Waals surface area contributed by atoms with Crippen molar-refractivity contribution in [1.82, 2.24) is 0 Å². The lowest BCUT2D eigenvalue weighted by Gasteiger charge is -2.11. The number of nitrogens with one attached hydrogen (secondary N) is 1. The van der Waals surface area contributed by atoms with Crippen LogP contribution in [0.15, 0.2) is 46.9 Å². The number of carbonyl (C=O) groups excluding carboxylic acids is 1. The van der Waals surface area contributed by atoms with Crippen molar-refractivity contribution in [2.75, 3.05) is 11.1 Å². The van der Waals surface area contributed by atoms with Crippen molar-refractivity contribution in [1.29, 1.82) is 0 Å². The molecule has 0 saturated carbocycles. The number of hydrogen-bond acceptors (Lipinski definition) is 3. The van der Waals surface area contributed by atoms with Crippen LogP contribution in [0.4, 0.5) is 11.4 Å². The first kappa shape index (κ1) is 13.4. The Hall–Kier alpha value is -2.01. The van der Waals surface area contributed by atoms with Crippen LogP contribution in [0.5, 0.6) is 0 Å². The SMILES string of the molecule is NC(=O)c1cc(Br)ccc1NCc1cccc(N)c1. The number of halogens is 1. The summed E-state index contributed by atoms with van der Waals surface area (Å²) < 4.78 is 0.816. The van der Waals surface area contributed by atoms with Crippen molar-refractivity contribution in [3.05, 3.63) is 58.1 Å². The molecule has 1 amide bonds. The average molecular weight is 320 g/mol. The van der Waals surface area contributed by atoms with Crippen molar-refractivity contribution in [2.45, 2.75) is 6.54 Å². The molecule has 0 atom stereocenters. The maximum Gasteiger partial charge on any atom is 0.250 e. The van der Waals surface area contributed by atoms with Gasteiger partial charge in [0, 0.05) is 22.4 Å². The Morgan fingerprint density at radius 3 is 2.68 bits per heavy atom. The van der Waals surface area contributed by atoms with E-state index < -0.39 is 5.91 Å². The predicted octanol–water partition coefficient (Wildman–Crippen LogP) is 2.74. The molecule has 0 saturated heterocycles. The first-order chi connectivity index (χ1) is 9.06. The Morgan fingerprint density at radius 1 is 1.21 bits per heavy atom. The summed E-state index contributed by atoms with van der Waals surface area (Å²) in [5, 5.41) is 3.19. The summed E-state index contributed by atoms with van der Waals surface area (Å²) in [5.74, 6) is -0.462. The van der Waals surface area contributed by atoms with Crippen LogP contribution in [0.1, 0.15) is 15.9 Å². The summed E-state index contributed by atoms with van der Waals surface area (Å²) in [7, 11) is 0. The zero-order valence-corrected chi connectivity index (χ0v) is 11.8. The molecule has 0 aliphatic rings. The molecule has 0 spiro atoms. The fourth-order valence-electron chi connectivity index (χ4n) is 1.77. The molecule has 2 rings (SSSR count). The molecule has 0 heterocycles. The second-order valence-corrected chi connectivity index (χ2v) is 5.07. The van der Waals surface area contributed by atoms with Gasteiger partial charge in [0.1, 0.15) is 0 Å². The van der Waals surface area contributed by atoms with Gasteiger partial charge in [0.05, 0.1) is 5.56 Å². The van der Waals surface area contributed by atoms with Gasteiger partial charge in [0.2, 0.25) is 0 Å². The van der Waals surface area contributed by atoms with Crippen LogP contribution in [0, 0.1) is 0 Å². The number of nitrogen functional groups attached to an aromatic ring is 1. The van der Waals surface area contributed by atoms with Gasteiger partial charge in [0.25, 0.3) is 5.91 Å². The Bertz CT molecular complexity index is 613. The van der Waals surface area contributed by atoms with Crippen LogP contribution in [0.3, 0.4) is 0 Å². The summed E-state index contributed by atoms with van der Waals surface area (Å²) in [6, 6.07) is 12.9. The van der Waals surface area contributed by atoms with E-state index in [9.17, 15) is 4.79 Å². The highest BCUT2D eigenvalue weighted by molar-refractivity contribution is 9.10. The zero-order valence-electron chi connectivity index (χ0n) is 10.2. The third-order valence-corrected chi connectivity index (χ3v) is 3.17. The van der Waals surface area contributed by atoms with Gasteiger partial charge in [0.15, 0.2) is 0 Å². The molecular formula is C14H14BrN3O. The van der Waals surface area contributed by atoms with Crippen LogP contribution in [-0.2, 0) is 6.54 Å². The van der Waals surface area contributed by atoms with E-state index in [2.05, 4.69) is 21.2 Å². The quantitative estimate of drug-likeness (QED) is 0.758. The van der Waals surface area contributed by atoms with E-state index in [-0.39, 0.29) is 0 Å². The van der Waals surface area contributed by atoms with Crippen molar-refractivity contribution in [3.63, 3.8) is 0 Å². The smallest absolute Gasteiger partial charge is 0.250 e. The minimum atomic E-state index is -0.462. The Balaban J connectivity index is 2.17. The minimum absolute atomic E-state index is 0.457. The third kappa shape index (κ3) is 3.48. The number of hydrogen-bond donors (Lipinski definition) is 3. The molecule has 2 aromatic carbocycles. The lowest BCUT2D eigenvalue weighted by atomic mass is 10.1. The fourth-order valence-corrected chi connectivity index (χ4v) is 2.14. The third-order valence-electron chi connectivity index (χ3n) is 2.68. The number of nitrogens with two attached hydrogens (primary N) is 2. The first-order valence-corrected chi connectivity index (χ1v) is 6.53. The Morgan fingerprint density at radius 2 is 2.00 bits per heavy atom. The van der Waals surface area contributed by atoms with Gasteiger partial charge >= 0.3 is 0 Å². The van der Waals surface area contributed by atoms with E-state index in [1.54, 1.807) is 6.07 Å². The second-order valence-electron chi connectivity index (χ2n) is 4.15. The summed E-state index contributed by atoms with van der Waals surface area (Å²) in [6.45, 7) is 0.576. The molecule has 0 radical (unpaired) electrons. The number of anilines is 2. The molecule has 4 nitrogen and oxygen atoms in total. The zero-order chi connectivity index (χ0) is 13.8. The highest BCUT2D eigenvalue weighted by Gasteiger charge is 2.08. The lowest BCUT2D eigenvalue weighted by Crippen LogP contribution is -2.14. The highest BCUT2D eigenvalue weighted by Crippen LogP contribution is 2.21. The normalized spacial score (nSPS) is 10.2. The van der Waals surface area contributed by atoms with E-state index >= 15 is 0 Å². The molecule has 0 unspecified atom stereocenters. The largest absolute Gasteiger partial charge is 0.399 e. The van der Waals surface area contributed by atoms with Gasteiger partial charge in [-0.1, -0.05) is 28.1 Å². The molecule has 0 bridgehead atoms. The molecule has 98 valence electrons. The van der Waals surface area contributed by atoms with E-state index in [1.165, 1.54) is 0 Å². The molecule has 19 heavy (non-hydrogen) atoms. The summed E-state index contributed by atoms with van der Waals surface area (Å²) >= 11 is 3.32. The molecule has 0 aromatic heterocycles.